The Labute approximate surface area is 110 Å². The van der Waals surface area contributed by atoms with Crippen molar-refractivity contribution in [2.75, 3.05) is 6.54 Å². The van der Waals surface area contributed by atoms with Gasteiger partial charge in [-0.2, -0.15) is 0 Å². The van der Waals surface area contributed by atoms with Crippen LogP contribution in [0.25, 0.3) is 0 Å². The van der Waals surface area contributed by atoms with Gasteiger partial charge in [0.2, 0.25) is 5.91 Å². The first-order chi connectivity index (χ1) is 8.77. The monoisotopic (exact) mass is 245 g/mol. The van der Waals surface area contributed by atoms with Crippen LogP contribution in [0, 0.1) is 0 Å². The number of carbonyl (C=O) groups excluding carboxylic acids is 1. The number of rotatable bonds is 7. The molecule has 2 rings (SSSR count). The molecule has 1 fully saturated rings. The lowest BCUT2D eigenvalue weighted by molar-refractivity contribution is -0.121. The summed E-state index contributed by atoms with van der Waals surface area (Å²) in [5, 5.41) is 3.10. The van der Waals surface area contributed by atoms with Crippen LogP contribution in [0.1, 0.15) is 51.0 Å². The predicted molar refractivity (Wildman–Crippen MR) is 74.5 cm³/mol. The normalized spacial score (nSPS) is 16.3. The first kappa shape index (κ1) is 13.1. The maximum absolute atomic E-state index is 11.7. The lowest BCUT2D eigenvalue weighted by Gasteiger charge is -2.16. The molecule has 0 heterocycles. The van der Waals surface area contributed by atoms with Gasteiger partial charge in [0.1, 0.15) is 0 Å². The molecule has 1 N–H and O–H groups in total. The van der Waals surface area contributed by atoms with Crippen LogP contribution >= 0.6 is 0 Å². The Morgan fingerprint density at radius 1 is 1.22 bits per heavy atom. The van der Waals surface area contributed by atoms with Crippen LogP contribution < -0.4 is 5.32 Å². The molecule has 0 unspecified atom stereocenters. The summed E-state index contributed by atoms with van der Waals surface area (Å²) in [6.45, 7) is 2.97. The van der Waals surface area contributed by atoms with Crippen molar-refractivity contribution in [3.05, 3.63) is 35.9 Å². The molecule has 18 heavy (non-hydrogen) atoms. The van der Waals surface area contributed by atoms with Crippen LogP contribution in [0.15, 0.2) is 30.3 Å². The maximum Gasteiger partial charge on any atom is 0.220 e. The van der Waals surface area contributed by atoms with Crippen molar-refractivity contribution in [2.45, 2.75) is 50.9 Å². The largest absolute Gasteiger partial charge is 0.355 e. The third-order valence-electron chi connectivity index (χ3n) is 3.87. The van der Waals surface area contributed by atoms with Gasteiger partial charge in [-0.05, 0) is 24.8 Å². The Bertz CT molecular complexity index is 381. The van der Waals surface area contributed by atoms with Crippen LogP contribution in [-0.2, 0) is 10.2 Å². The smallest absolute Gasteiger partial charge is 0.220 e. The van der Waals surface area contributed by atoms with Gasteiger partial charge in [0.25, 0.3) is 0 Å². The molecule has 0 spiro atoms. The van der Waals surface area contributed by atoms with Crippen molar-refractivity contribution in [3.63, 3.8) is 0 Å². The molecule has 1 saturated carbocycles. The maximum atomic E-state index is 11.7. The van der Waals surface area contributed by atoms with Crippen molar-refractivity contribution in [3.8, 4) is 0 Å². The third-order valence-corrected chi connectivity index (χ3v) is 3.87. The minimum Gasteiger partial charge on any atom is -0.355 e. The van der Waals surface area contributed by atoms with Crippen LogP contribution in [0.3, 0.4) is 0 Å². The minimum absolute atomic E-state index is 0.214. The second-order valence-electron chi connectivity index (χ2n) is 5.38. The zero-order valence-electron chi connectivity index (χ0n) is 11.2. The number of hydrogen-bond donors (Lipinski definition) is 1. The Balaban J connectivity index is 1.78. The molecule has 0 radical (unpaired) electrons. The number of amides is 1. The minimum atomic E-state index is 0.214. The van der Waals surface area contributed by atoms with E-state index in [4.69, 9.17) is 0 Å². The molecule has 2 nitrogen and oxygen atoms in total. The highest BCUT2D eigenvalue weighted by Gasteiger charge is 2.44. The number of carbonyl (C=O) groups is 1. The fourth-order valence-corrected chi connectivity index (χ4v) is 2.40. The molecule has 0 saturated heterocycles. The molecule has 0 atom stereocenters. The van der Waals surface area contributed by atoms with Crippen molar-refractivity contribution >= 4 is 5.91 Å². The van der Waals surface area contributed by atoms with Gasteiger partial charge in [-0.1, -0.05) is 50.1 Å². The van der Waals surface area contributed by atoms with E-state index in [9.17, 15) is 4.79 Å². The zero-order chi connectivity index (χ0) is 12.8. The van der Waals surface area contributed by atoms with Crippen molar-refractivity contribution in [2.24, 2.45) is 0 Å². The summed E-state index contributed by atoms with van der Waals surface area (Å²) < 4.78 is 0. The van der Waals surface area contributed by atoms with Crippen LogP contribution in [0.5, 0.6) is 0 Å². The van der Waals surface area contributed by atoms with E-state index in [1.54, 1.807) is 0 Å². The highest BCUT2D eigenvalue weighted by Crippen LogP contribution is 2.47. The predicted octanol–water partition coefficient (Wildman–Crippen LogP) is 3.41. The number of benzene rings is 1. The average molecular weight is 245 g/mol. The summed E-state index contributed by atoms with van der Waals surface area (Å²) in [4.78, 5) is 11.7. The Hall–Kier alpha value is -1.31. The third kappa shape index (κ3) is 3.34. The standard InChI is InChI=1S/C16H23NO/c1-2-3-5-10-15(18)17-13-16(11-12-16)14-8-6-4-7-9-14/h4,6-9H,2-3,5,10-13H2,1H3,(H,17,18). The fraction of sp³-hybridized carbons (Fsp3) is 0.562. The molecule has 0 aliphatic heterocycles. The van der Waals surface area contributed by atoms with Crippen LogP contribution in [0.4, 0.5) is 0 Å². The summed E-state index contributed by atoms with van der Waals surface area (Å²) in [5.74, 6) is 0.214. The van der Waals surface area contributed by atoms with Crippen LogP contribution in [0.2, 0.25) is 0 Å². The van der Waals surface area contributed by atoms with Gasteiger partial charge >= 0.3 is 0 Å². The molecule has 0 aromatic heterocycles. The molecule has 2 heteroatoms. The lowest BCUT2D eigenvalue weighted by atomic mass is 9.96. The van der Waals surface area contributed by atoms with E-state index in [0.29, 0.717) is 6.42 Å². The number of unbranched alkanes of at least 4 members (excludes halogenated alkanes) is 2. The topological polar surface area (TPSA) is 29.1 Å². The van der Waals surface area contributed by atoms with Gasteiger partial charge < -0.3 is 5.32 Å². The SMILES string of the molecule is CCCCCC(=O)NCC1(c2ccccc2)CC1. The number of hydrogen-bond acceptors (Lipinski definition) is 1. The van der Waals surface area contributed by atoms with E-state index in [1.807, 2.05) is 6.07 Å². The summed E-state index contributed by atoms with van der Waals surface area (Å²) in [6, 6.07) is 10.6. The molecule has 1 aromatic carbocycles. The van der Waals surface area contributed by atoms with Gasteiger partial charge in [-0.15, -0.1) is 0 Å². The average Bonchev–Trinajstić information content (AvgIpc) is 3.19. The number of nitrogens with one attached hydrogen (secondary N) is 1. The molecule has 98 valence electrons. The molecule has 0 bridgehead atoms. The first-order valence-corrected chi connectivity index (χ1v) is 7.09. The molecule has 1 aliphatic carbocycles. The molecule has 1 amide bonds. The second-order valence-corrected chi connectivity index (χ2v) is 5.38. The van der Waals surface area contributed by atoms with E-state index in [-0.39, 0.29) is 11.3 Å². The van der Waals surface area contributed by atoms with E-state index in [2.05, 4.69) is 36.5 Å². The van der Waals surface area contributed by atoms with E-state index in [0.717, 1.165) is 19.4 Å². The quantitative estimate of drug-likeness (QED) is 0.733. The molecule has 1 aliphatic rings. The van der Waals surface area contributed by atoms with Crippen molar-refractivity contribution in [1.82, 2.24) is 5.32 Å². The second kappa shape index (κ2) is 6.03. The van der Waals surface area contributed by atoms with Gasteiger partial charge in [0.05, 0.1) is 0 Å². The Morgan fingerprint density at radius 3 is 2.56 bits per heavy atom. The lowest BCUT2D eigenvalue weighted by Crippen LogP contribution is -2.32. The van der Waals surface area contributed by atoms with E-state index in [1.165, 1.54) is 24.8 Å². The highest BCUT2D eigenvalue weighted by atomic mass is 16.1. The Morgan fingerprint density at radius 2 is 1.94 bits per heavy atom. The van der Waals surface area contributed by atoms with E-state index < -0.39 is 0 Å². The Kier molecular flexibility index (Phi) is 4.40. The molecular weight excluding hydrogens is 222 g/mol. The van der Waals surface area contributed by atoms with E-state index >= 15 is 0 Å². The van der Waals surface area contributed by atoms with Gasteiger partial charge in [-0.3, -0.25) is 4.79 Å². The van der Waals surface area contributed by atoms with Crippen molar-refractivity contribution in [1.29, 1.82) is 0 Å². The zero-order valence-corrected chi connectivity index (χ0v) is 11.2. The summed E-state index contributed by atoms with van der Waals surface area (Å²) in [5.41, 5.74) is 1.61. The van der Waals surface area contributed by atoms with Gasteiger partial charge in [0, 0.05) is 18.4 Å². The fourth-order valence-electron chi connectivity index (χ4n) is 2.40. The molecule has 1 aromatic rings. The van der Waals surface area contributed by atoms with Crippen LogP contribution in [-0.4, -0.2) is 12.5 Å². The highest BCUT2D eigenvalue weighted by molar-refractivity contribution is 5.76. The van der Waals surface area contributed by atoms with Gasteiger partial charge in [-0.25, -0.2) is 0 Å². The summed E-state index contributed by atoms with van der Waals surface area (Å²) >= 11 is 0. The summed E-state index contributed by atoms with van der Waals surface area (Å²) in [7, 11) is 0. The molecular formula is C16H23NO. The first-order valence-electron chi connectivity index (χ1n) is 7.09. The summed E-state index contributed by atoms with van der Waals surface area (Å²) in [6.07, 6.45) is 6.41. The van der Waals surface area contributed by atoms with Crippen molar-refractivity contribution < 1.29 is 4.79 Å². The van der Waals surface area contributed by atoms with Gasteiger partial charge in [0.15, 0.2) is 0 Å².